The summed E-state index contributed by atoms with van der Waals surface area (Å²) in [6, 6.07) is 4.79. The Kier molecular flexibility index (Phi) is 9.26. The highest BCUT2D eigenvalue weighted by Crippen LogP contribution is 2.28. The van der Waals surface area contributed by atoms with Gasteiger partial charge in [0.05, 0.1) is 39.6 Å². The Morgan fingerprint density at radius 3 is 2.36 bits per heavy atom. The molecule has 2 rings (SSSR count). The molecule has 0 saturated carbocycles. The van der Waals surface area contributed by atoms with Crippen LogP contribution in [-0.4, -0.2) is 63.2 Å². The zero-order valence-corrected chi connectivity index (χ0v) is 16.5. The molecule has 156 valence electrons. The van der Waals surface area contributed by atoms with Crippen molar-refractivity contribution in [2.24, 2.45) is 5.73 Å². The van der Waals surface area contributed by atoms with Crippen LogP contribution in [0, 0.1) is 0 Å². The van der Waals surface area contributed by atoms with Gasteiger partial charge >= 0.3 is 5.97 Å². The summed E-state index contributed by atoms with van der Waals surface area (Å²) in [4.78, 5) is 22.1. The minimum absolute atomic E-state index is 0.0139. The number of hydrogen-bond donors (Lipinski definition) is 2. The second kappa shape index (κ2) is 11.2. The fourth-order valence-corrected chi connectivity index (χ4v) is 2.34. The molecule has 0 aromatic heterocycles. The zero-order valence-electron chi connectivity index (χ0n) is 16.5. The van der Waals surface area contributed by atoms with Crippen LogP contribution in [0.1, 0.15) is 23.7 Å². The number of carbonyl (C=O) groups is 2. The van der Waals surface area contributed by atoms with Gasteiger partial charge in [-0.05, 0) is 25.1 Å². The number of aliphatic hydroxyl groups excluding tert-OH is 1. The van der Waals surface area contributed by atoms with E-state index in [0.717, 1.165) is 0 Å². The van der Waals surface area contributed by atoms with Gasteiger partial charge in [-0.2, -0.15) is 0 Å². The molecule has 9 heteroatoms. The number of carbonyl (C=O) groups excluding carboxylic acids is 2. The Labute approximate surface area is 164 Å². The molecule has 3 atom stereocenters. The van der Waals surface area contributed by atoms with Gasteiger partial charge in [0, 0.05) is 6.42 Å². The number of nitrogens with two attached hydrogens (primary N) is 1. The number of ether oxygens (including phenoxy) is 5. The average Bonchev–Trinajstić information content (AvgIpc) is 2.70. The van der Waals surface area contributed by atoms with E-state index in [1.54, 1.807) is 25.1 Å². The fraction of sp³-hybridized carbons (Fsp3) is 0.474. The van der Waals surface area contributed by atoms with Gasteiger partial charge in [0.1, 0.15) is 12.2 Å². The second-order valence-electron chi connectivity index (χ2n) is 5.86. The van der Waals surface area contributed by atoms with E-state index in [1.165, 1.54) is 21.3 Å². The first-order chi connectivity index (χ1) is 13.2. The Balaban J connectivity index is 0.000000480. The standard InChI is InChI=1S/C15H20O6.C4H7NO2/c1-9-14(16)12(6-7-20-9)21-15(17)10-4-5-11(18-2)13(8-10)19-3;1-3(7-2)4(5)6/h4-5,8-9,12,14,16H,6-7H2,1-3H3;1H2,2H3,(H2,5,6). The molecule has 0 spiro atoms. The van der Waals surface area contributed by atoms with Crippen LogP contribution in [0.5, 0.6) is 11.5 Å². The van der Waals surface area contributed by atoms with Crippen LogP contribution in [0.2, 0.25) is 0 Å². The third-order valence-electron chi connectivity index (χ3n) is 4.04. The van der Waals surface area contributed by atoms with Crippen LogP contribution in [0.25, 0.3) is 0 Å². The highest BCUT2D eigenvalue weighted by molar-refractivity contribution is 5.90. The normalized spacial score (nSPS) is 20.8. The van der Waals surface area contributed by atoms with Crippen molar-refractivity contribution < 1.29 is 38.4 Å². The molecule has 3 N–H and O–H groups in total. The number of amides is 1. The number of primary amides is 1. The van der Waals surface area contributed by atoms with Crippen molar-refractivity contribution in [3.8, 4) is 11.5 Å². The molecule has 1 aliphatic rings. The Morgan fingerprint density at radius 1 is 1.21 bits per heavy atom. The minimum Gasteiger partial charge on any atom is -0.493 e. The summed E-state index contributed by atoms with van der Waals surface area (Å²) < 4.78 is 25.3. The molecular weight excluding hydrogens is 370 g/mol. The van der Waals surface area contributed by atoms with Gasteiger partial charge in [0.25, 0.3) is 5.91 Å². The summed E-state index contributed by atoms with van der Waals surface area (Å²) >= 11 is 0. The molecular formula is C19H27NO8. The molecule has 1 aliphatic heterocycles. The molecule has 28 heavy (non-hydrogen) atoms. The number of benzene rings is 1. The molecule has 0 radical (unpaired) electrons. The Hall–Kier alpha value is -2.78. The maximum Gasteiger partial charge on any atom is 0.338 e. The minimum atomic E-state index is -0.817. The first-order valence-corrected chi connectivity index (χ1v) is 8.50. The van der Waals surface area contributed by atoms with Crippen molar-refractivity contribution in [2.75, 3.05) is 27.9 Å². The van der Waals surface area contributed by atoms with Crippen LogP contribution >= 0.6 is 0 Å². The summed E-state index contributed by atoms with van der Waals surface area (Å²) in [5, 5.41) is 9.97. The number of aliphatic hydroxyl groups is 1. The van der Waals surface area contributed by atoms with E-state index in [1.807, 2.05) is 0 Å². The molecule has 1 aromatic rings. The molecule has 0 bridgehead atoms. The third kappa shape index (κ3) is 6.43. The Morgan fingerprint density at radius 2 is 1.86 bits per heavy atom. The van der Waals surface area contributed by atoms with E-state index in [9.17, 15) is 14.7 Å². The molecule has 1 heterocycles. The molecule has 1 aromatic carbocycles. The van der Waals surface area contributed by atoms with Crippen molar-refractivity contribution in [2.45, 2.75) is 31.7 Å². The summed E-state index contributed by atoms with van der Waals surface area (Å²) in [6.45, 7) is 5.39. The first-order valence-electron chi connectivity index (χ1n) is 8.50. The van der Waals surface area contributed by atoms with Crippen LogP contribution < -0.4 is 15.2 Å². The summed E-state index contributed by atoms with van der Waals surface area (Å²) in [7, 11) is 4.36. The lowest BCUT2D eigenvalue weighted by Crippen LogP contribution is -2.45. The smallest absolute Gasteiger partial charge is 0.338 e. The molecule has 3 unspecified atom stereocenters. The predicted octanol–water partition coefficient (Wildman–Crippen LogP) is 1.03. The number of hydrogen-bond acceptors (Lipinski definition) is 8. The maximum atomic E-state index is 12.2. The highest BCUT2D eigenvalue weighted by Gasteiger charge is 2.33. The predicted molar refractivity (Wildman–Crippen MR) is 100 cm³/mol. The second-order valence-corrected chi connectivity index (χ2v) is 5.86. The van der Waals surface area contributed by atoms with Crippen molar-refractivity contribution in [1.29, 1.82) is 0 Å². The van der Waals surface area contributed by atoms with E-state index in [2.05, 4.69) is 17.0 Å². The van der Waals surface area contributed by atoms with Crippen molar-refractivity contribution in [3.63, 3.8) is 0 Å². The lowest BCUT2D eigenvalue weighted by molar-refractivity contribution is -0.131. The van der Waals surface area contributed by atoms with Gasteiger partial charge in [-0.15, -0.1) is 0 Å². The van der Waals surface area contributed by atoms with Crippen LogP contribution in [0.4, 0.5) is 0 Å². The van der Waals surface area contributed by atoms with E-state index < -0.39 is 24.1 Å². The number of esters is 1. The molecule has 9 nitrogen and oxygen atoms in total. The summed E-state index contributed by atoms with van der Waals surface area (Å²) in [5.74, 6) is -0.154. The van der Waals surface area contributed by atoms with Crippen molar-refractivity contribution in [3.05, 3.63) is 36.1 Å². The van der Waals surface area contributed by atoms with E-state index in [0.29, 0.717) is 30.1 Å². The quantitative estimate of drug-likeness (QED) is 0.414. The number of rotatable bonds is 6. The van der Waals surface area contributed by atoms with E-state index in [-0.39, 0.29) is 11.9 Å². The molecule has 1 fully saturated rings. The fourth-order valence-electron chi connectivity index (χ4n) is 2.34. The molecule has 1 saturated heterocycles. The van der Waals surface area contributed by atoms with E-state index >= 15 is 0 Å². The summed E-state index contributed by atoms with van der Waals surface area (Å²) in [6.07, 6.45) is -1.25. The topological polar surface area (TPSA) is 127 Å². The van der Waals surface area contributed by atoms with Crippen LogP contribution in [-0.2, 0) is 19.0 Å². The zero-order chi connectivity index (χ0) is 21.3. The third-order valence-corrected chi connectivity index (χ3v) is 4.04. The SMILES string of the molecule is C=C(OC)C(N)=O.COc1ccc(C(=O)OC2CCOC(C)C2O)cc1OC. The number of methoxy groups -OCH3 is 3. The van der Waals surface area contributed by atoms with Gasteiger partial charge in [0.15, 0.2) is 17.3 Å². The van der Waals surface area contributed by atoms with Gasteiger partial charge in [0.2, 0.25) is 0 Å². The monoisotopic (exact) mass is 397 g/mol. The van der Waals surface area contributed by atoms with Crippen LogP contribution in [0.3, 0.4) is 0 Å². The van der Waals surface area contributed by atoms with Crippen molar-refractivity contribution in [1.82, 2.24) is 0 Å². The Bertz CT molecular complexity index is 691. The lowest BCUT2D eigenvalue weighted by Gasteiger charge is -2.32. The van der Waals surface area contributed by atoms with Crippen LogP contribution in [0.15, 0.2) is 30.5 Å². The van der Waals surface area contributed by atoms with Crippen molar-refractivity contribution >= 4 is 11.9 Å². The van der Waals surface area contributed by atoms with Gasteiger partial charge in [-0.25, -0.2) is 4.79 Å². The largest absolute Gasteiger partial charge is 0.493 e. The van der Waals surface area contributed by atoms with E-state index in [4.69, 9.17) is 18.9 Å². The molecule has 0 aliphatic carbocycles. The van der Waals surface area contributed by atoms with Gasteiger partial charge in [-0.1, -0.05) is 6.58 Å². The molecule has 1 amide bonds. The first kappa shape index (κ1) is 23.3. The lowest BCUT2D eigenvalue weighted by atomic mass is 10.0. The van der Waals surface area contributed by atoms with Gasteiger partial charge < -0.3 is 34.5 Å². The highest BCUT2D eigenvalue weighted by atomic mass is 16.6. The van der Waals surface area contributed by atoms with Gasteiger partial charge in [-0.3, -0.25) is 4.79 Å². The average molecular weight is 397 g/mol. The maximum absolute atomic E-state index is 12.2. The summed E-state index contributed by atoms with van der Waals surface area (Å²) in [5.41, 5.74) is 5.03.